The Bertz CT molecular complexity index is 686. The van der Waals surface area contributed by atoms with E-state index in [-0.39, 0.29) is 0 Å². The predicted octanol–water partition coefficient (Wildman–Crippen LogP) is 2.77. The van der Waals surface area contributed by atoms with Gasteiger partial charge in [-0.1, -0.05) is 17.8 Å². The molecule has 0 radical (unpaired) electrons. The third kappa shape index (κ3) is 3.16. The van der Waals surface area contributed by atoms with Crippen molar-refractivity contribution in [2.24, 2.45) is 4.99 Å². The molecule has 2 aromatic rings. The van der Waals surface area contributed by atoms with E-state index in [9.17, 15) is 0 Å². The number of aromatic nitrogens is 2. The van der Waals surface area contributed by atoms with Gasteiger partial charge in [0, 0.05) is 12.5 Å². The van der Waals surface area contributed by atoms with Crippen LogP contribution in [-0.4, -0.2) is 21.6 Å². The SMILES string of the molecule is CSC(=Nc1cc(-c2nnc(C)o2)ccc1C)NC#N. The molecule has 1 aromatic carbocycles. The summed E-state index contributed by atoms with van der Waals surface area (Å²) in [4.78, 5) is 4.42. The number of nitrogens with zero attached hydrogens (tertiary/aromatic N) is 4. The highest BCUT2D eigenvalue weighted by Gasteiger charge is 2.08. The van der Waals surface area contributed by atoms with Crippen LogP contribution in [0.15, 0.2) is 27.6 Å². The number of amidine groups is 1. The molecule has 0 amide bonds. The van der Waals surface area contributed by atoms with Gasteiger partial charge in [-0.05, 0) is 30.9 Å². The van der Waals surface area contributed by atoms with Crippen molar-refractivity contribution < 1.29 is 4.42 Å². The lowest BCUT2D eigenvalue weighted by atomic mass is 10.1. The van der Waals surface area contributed by atoms with Gasteiger partial charge in [0.15, 0.2) is 11.4 Å². The first kappa shape index (κ1) is 14.1. The summed E-state index contributed by atoms with van der Waals surface area (Å²) in [6, 6.07) is 5.69. The van der Waals surface area contributed by atoms with Crippen molar-refractivity contribution in [3.63, 3.8) is 0 Å². The summed E-state index contributed by atoms with van der Waals surface area (Å²) in [5, 5.41) is 19.5. The monoisotopic (exact) mass is 287 g/mol. The van der Waals surface area contributed by atoms with Gasteiger partial charge in [0.2, 0.25) is 11.8 Å². The van der Waals surface area contributed by atoms with Crippen LogP contribution in [0.4, 0.5) is 5.69 Å². The Balaban J connectivity index is 2.41. The summed E-state index contributed by atoms with van der Waals surface area (Å²) in [6.45, 7) is 3.69. The van der Waals surface area contributed by atoms with Crippen molar-refractivity contribution in [3.8, 4) is 17.6 Å². The Labute approximate surface area is 120 Å². The lowest BCUT2D eigenvalue weighted by Crippen LogP contribution is -2.12. The van der Waals surface area contributed by atoms with Crippen molar-refractivity contribution in [1.29, 1.82) is 5.26 Å². The normalized spacial score (nSPS) is 11.2. The molecule has 0 saturated heterocycles. The van der Waals surface area contributed by atoms with Gasteiger partial charge in [0.1, 0.15) is 0 Å². The Kier molecular flexibility index (Phi) is 4.38. The predicted molar refractivity (Wildman–Crippen MR) is 78.6 cm³/mol. The molecule has 20 heavy (non-hydrogen) atoms. The molecule has 1 aromatic heterocycles. The average Bonchev–Trinajstić information content (AvgIpc) is 2.87. The second-order valence-corrected chi connectivity index (χ2v) is 4.78. The fraction of sp³-hybridized carbons (Fsp3) is 0.231. The number of thioether (sulfide) groups is 1. The minimum atomic E-state index is 0.456. The molecule has 0 atom stereocenters. The first-order valence-electron chi connectivity index (χ1n) is 5.83. The van der Waals surface area contributed by atoms with E-state index in [1.807, 2.05) is 37.6 Å². The molecule has 7 heteroatoms. The molecular formula is C13H13N5OS. The highest BCUT2D eigenvalue weighted by Crippen LogP contribution is 2.27. The summed E-state index contributed by atoms with van der Waals surface area (Å²) < 4.78 is 5.40. The van der Waals surface area contributed by atoms with Gasteiger partial charge in [-0.2, -0.15) is 5.26 Å². The molecule has 0 aliphatic carbocycles. The lowest BCUT2D eigenvalue weighted by Gasteiger charge is -2.04. The van der Waals surface area contributed by atoms with Crippen LogP contribution >= 0.6 is 11.8 Å². The molecular weight excluding hydrogens is 274 g/mol. The molecule has 0 saturated carbocycles. The van der Waals surface area contributed by atoms with Gasteiger partial charge in [0.25, 0.3) is 0 Å². The first-order valence-corrected chi connectivity index (χ1v) is 7.05. The van der Waals surface area contributed by atoms with Crippen LogP contribution in [0, 0.1) is 25.3 Å². The Morgan fingerprint density at radius 1 is 1.40 bits per heavy atom. The van der Waals surface area contributed by atoms with E-state index >= 15 is 0 Å². The minimum absolute atomic E-state index is 0.456. The maximum Gasteiger partial charge on any atom is 0.247 e. The molecule has 0 fully saturated rings. The maximum absolute atomic E-state index is 8.66. The summed E-state index contributed by atoms with van der Waals surface area (Å²) in [5.41, 5.74) is 2.55. The van der Waals surface area contributed by atoms with E-state index in [1.165, 1.54) is 11.8 Å². The van der Waals surface area contributed by atoms with Crippen LogP contribution in [0.5, 0.6) is 0 Å². The van der Waals surface area contributed by atoms with Crippen molar-refractivity contribution in [2.45, 2.75) is 13.8 Å². The van der Waals surface area contributed by atoms with E-state index in [0.717, 1.165) is 16.8 Å². The molecule has 0 spiro atoms. The largest absolute Gasteiger partial charge is 0.421 e. The number of nitrogens with one attached hydrogen (secondary N) is 1. The van der Waals surface area contributed by atoms with Crippen molar-refractivity contribution in [2.75, 3.05) is 6.26 Å². The lowest BCUT2D eigenvalue weighted by molar-refractivity contribution is 0.533. The molecule has 0 bridgehead atoms. The van der Waals surface area contributed by atoms with Crippen molar-refractivity contribution >= 4 is 22.6 Å². The molecule has 2 rings (SSSR count). The number of hydrogen-bond donors (Lipinski definition) is 1. The fourth-order valence-electron chi connectivity index (χ4n) is 1.56. The quantitative estimate of drug-likeness (QED) is 0.395. The Morgan fingerprint density at radius 3 is 2.80 bits per heavy atom. The Hall–Kier alpha value is -2.33. The third-order valence-electron chi connectivity index (χ3n) is 2.56. The van der Waals surface area contributed by atoms with E-state index < -0.39 is 0 Å². The molecule has 1 heterocycles. The van der Waals surface area contributed by atoms with Crippen LogP contribution in [0.1, 0.15) is 11.5 Å². The van der Waals surface area contributed by atoms with Crippen LogP contribution in [0.3, 0.4) is 0 Å². The van der Waals surface area contributed by atoms with Gasteiger partial charge in [-0.15, -0.1) is 10.2 Å². The summed E-state index contributed by atoms with van der Waals surface area (Å²) in [7, 11) is 0. The molecule has 0 aliphatic rings. The van der Waals surface area contributed by atoms with Crippen LogP contribution in [0.2, 0.25) is 0 Å². The number of aliphatic imine (C=N–C) groups is 1. The molecule has 1 N–H and O–H groups in total. The first-order chi connectivity index (χ1) is 9.63. The van der Waals surface area contributed by atoms with Crippen molar-refractivity contribution in [1.82, 2.24) is 15.5 Å². The third-order valence-corrected chi connectivity index (χ3v) is 3.14. The number of benzene rings is 1. The standard InChI is InChI=1S/C13H13N5OS/c1-8-4-5-10(12-18-17-9(2)19-12)6-11(8)16-13(20-3)15-7-14/h4-6H,1-3H3,(H,15,16). The molecule has 0 unspecified atom stereocenters. The number of rotatable bonds is 2. The van der Waals surface area contributed by atoms with Gasteiger partial charge in [-0.25, -0.2) is 4.99 Å². The Morgan fingerprint density at radius 2 is 2.20 bits per heavy atom. The zero-order valence-electron chi connectivity index (χ0n) is 11.3. The van der Waals surface area contributed by atoms with Gasteiger partial charge in [0.05, 0.1) is 5.69 Å². The fourth-order valence-corrected chi connectivity index (χ4v) is 1.90. The van der Waals surface area contributed by atoms with E-state index in [1.54, 1.807) is 6.92 Å². The maximum atomic E-state index is 8.66. The van der Waals surface area contributed by atoms with E-state index in [0.29, 0.717) is 16.9 Å². The summed E-state index contributed by atoms with van der Waals surface area (Å²) >= 11 is 1.37. The number of hydrogen-bond acceptors (Lipinski definition) is 6. The van der Waals surface area contributed by atoms with E-state index in [4.69, 9.17) is 9.68 Å². The summed E-state index contributed by atoms with van der Waals surface area (Å²) in [5.74, 6) is 0.972. The van der Waals surface area contributed by atoms with Gasteiger partial charge < -0.3 is 4.42 Å². The number of nitriles is 1. The topological polar surface area (TPSA) is 87.1 Å². The van der Waals surface area contributed by atoms with Crippen LogP contribution in [0.25, 0.3) is 11.5 Å². The smallest absolute Gasteiger partial charge is 0.247 e. The van der Waals surface area contributed by atoms with Crippen LogP contribution < -0.4 is 5.32 Å². The summed E-state index contributed by atoms with van der Waals surface area (Å²) in [6.07, 6.45) is 3.72. The molecule has 6 nitrogen and oxygen atoms in total. The second kappa shape index (κ2) is 6.21. The minimum Gasteiger partial charge on any atom is -0.421 e. The molecule has 0 aliphatic heterocycles. The second-order valence-electron chi connectivity index (χ2n) is 3.99. The highest BCUT2D eigenvalue weighted by molar-refractivity contribution is 8.13. The van der Waals surface area contributed by atoms with Crippen molar-refractivity contribution in [3.05, 3.63) is 29.7 Å². The zero-order valence-corrected chi connectivity index (χ0v) is 12.2. The van der Waals surface area contributed by atoms with E-state index in [2.05, 4.69) is 20.5 Å². The van der Waals surface area contributed by atoms with Crippen LogP contribution in [-0.2, 0) is 0 Å². The van der Waals surface area contributed by atoms with Gasteiger partial charge in [-0.3, -0.25) is 5.32 Å². The highest BCUT2D eigenvalue weighted by atomic mass is 32.2. The zero-order chi connectivity index (χ0) is 14.5. The van der Waals surface area contributed by atoms with Gasteiger partial charge >= 0.3 is 0 Å². The number of aryl methyl sites for hydroxylation is 2. The molecule has 102 valence electrons. The average molecular weight is 287 g/mol.